The van der Waals surface area contributed by atoms with E-state index in [1.807, 2.05) is 24.7 Å². The molecule has 0 unspecified atom stereocenters. The van der Waals surface area contributed by atoms with Crippen LogP contribution in [-0.2, 0) is 13.0 Å². The van der Waals surface area contributed by atoms with E-state index in [0.717, 1.165) is 38.2 Å². The molecule has 0 bridgehead atoms. The zero-order valence-electron chi connectivity index (χ0n) is 10.5. The minimum Gasteiger partial charge on any atom is -0.317 e. The van der Waals surface area contributed by atoms with Gasteiger partial charge in [-0.05, 0) is 32.9 Å². The van der Waals surface area contributed by atoms with Crippen molar-refractivity contribution in [2.45, 2.75) is 47.1 Å². The molecule has 0 saturated heterocycles. The van der Waals surface area contributed by atoms with Crippen LogP contribution in [0.1, 0.15) is 39.8 Å². The molecule has 0 amide bonds. The van der Waals surface area contributed by atoms with E-state index in [9.17, 15) is 0 Å². The Kier molecular flexibility index (Phi) is 9.07. The quantitative estimate of drug-likeness (QED) is 0.732. The lowest BCUT2D eigenvalue weighted by Crippen LogP contribution is -2.14. The third kappa shape index (κ3) is 6.23. The third-order valence-corrected chi connectivity index (χ3v) is 1.95. The first kappa shape index (κ1) is 14.1. The van der Waals surface area contributed by atoms with E-state index >= 15 is 0 Å². The summed E-state index contributed by atoms with van der Waals surface area (Å²) in [6.45, 7) is 11.2. The van der Waals surface area contributed by atoms with Crippen LogP contribution >= 0.6 is 0 Å². The highest BCUT2D eigenvalue weighted by Crippen LogP contribution is 1.96. The van der Waals surface area contributed by atoms with Gasteiger partial charge in [0.1, 0.15) is 0 Å². The van der Waals surface area contributed by atoms with E-state index in [4.69, 9.17) is 0 Å². The van der Waals surface area contributed by atoms with Gasteiger partial charge in [0.2, 0.25) is 0 Å². The number of nitrogens with zero attached hydrogens (tertiary/aromatic N) is 3. The molecule has 15 heavy (non-hydrogen) atoms. The smallest absolute Gasteiger partial charge is 0.0827 e. The van der Waals surface area contributed by atoms with Gasteiger partial charge in [-0.3, -0.25) is 4.68 Å². The van der Waals surface area contributed by atoms with Crippen molar-refractivity contribution in [2.75, 3.05) is 13.1 Å². The molecule has 0 aliphatic carbocycles. The topological polar surface area (TPSA) is 42.7 Å². The molecule has 0 radical (unpaired) electrons. The lowest BCUT2D eigenvalue weighted by atomic mass is 10.2. The van der Waals surface area contributed by atoms with Gasteiger partial charge in [-0.2, -0.15) is 0 Å². The Morgan fingerprint density at radius 3 is 2.60 bits per heavy atom. The number of aryl methyl sites for hydroxylation is 2. The summed E-state index contributed by atoms with van der Waals surface area (Å²) in [7, 11) is 0. The lowest BCUT2D eigenvalue weighted by molar-refractivity contribution is 0.626. The van der Waals surface area contributed by atoms with Crippen molar-refractivity contribution in [2.24, 2.45) is 0 Å². The first-order valence-corrected chi connectivity index (χ1v) is 5.96. The Morgan fingerprint density at radius 1 is 1.33 bits per heavy atom. The Morgan fingerprint density at radius 2 is 2.07 bits per heavy atom. The second kappa shape index (κ2) is 9.65. The molecule has 0 aromatic carbocycles. The van der Waals surface area contributed by atoms with Crippen LogP contribution in [0.4, 0.5) is 0 Å². The molecule has 1 aromatic rings. The summed E-state index contributed by atoms with van der Waals surface area (Å²) >= 11 is 0. The number of hydrogen-bond acceptors (Lipinski definition) is 3. The molecular weight excluding hydrogens is 188 g/mol. The van der Waals surface area contributed by atoms with Crippen LogP contribution in [0.2, 0.25) is 0 Å². The van der Waals surface area contributed by atoms with Crippen LogP contribution in [0.15, 0.2) is 6.20 Å². The molecule has 1 aromatic heterocycles. The predicted molar refractivity (Wildman–Crippen MR) is 63.9 cm³/mol. The molecule has 0 fully saturated rings. The second-order valence-corrected chi connectivity index (χ2v) is 3.02. The Bertz CT molecular complexity index is 232. The van der Waals surface area contributed by atoms with Crippen LogP contribution in [0.5, 0.6) is 0 Å². The second-order valence-electron chi connectivity index (χ2n) is 3.02. The van der Waals surface area contributed by atoms with E-state index in [1.54, 1.807) is 0 Å². The normalized spacial score (nSPS) is 9.60. The summed E-state index contributed by atoms with van der Waals surface area (Å²) in [5.41, 5.74) is 1.10. The van der Waals surface area contributed by atoms with Crippen molar-refractivity contribution in [1.82, 2.24) is 20.3 Å². The van der Waals surface area contributed by atoms with E-state index in [0.29, 0.717) is 0 Å². The Labute approximate surface area is 93.1 Å². The molecule has 1 heterocycles. The van der Waals surface area contributed by atoms with E-state index in [1.165, 1.54) is 0 Å². The molecule has 0 atom stereocenters. The average molecular weight is 212 g/mol. The van der Waals surface area contributed by atoms with Gasteiger partial charge < -0.3 is 5.32 Å². The van der Waals surface area contributed by atoms with Gasteiger partial charge >= 0.3 is 0 Å². The summed E-state index contributed by atoms with van der Waals surface area (Å²) in [4.78, 5) is 0. The molecule has 4 nitrogen and oxygen atoms in total. The molecule has 0 aliphatic heterocycles. The molecule has 88 valence electrons. The standard InChI is InChI=1S/C9H18N4.C2H6/c1-3-10-7-5-6-9-8-13(4-2)12-11-9;1-2/h8,10H,3-7H2,1-2H3;1-2H3. The fourth-order valence-electron chi connectivity index (χ4n) is 1.18. The highest BCUT2D eigenvalue weighted by Gasteiger charge is 1.98. The Balaban J connectivity index is 0.000000921. The highest BCUT2D eigenvalue weighted by atomic mass is 15.4. The minimum absolute atomic E-state index is 0.903. The van der Waals surface area contributed by atoms with Gasteiger partial charge in [-0.15, -0.1) is 5.10 Å². The molecule has 4 heteroatoms. The molecule has 1 N–H and O–H groups in total. The lowest BCUT2D eigenvalue weighted by Gasteiger charge is -1.97. The summed E-state index contributed by atoms with van der Waals surface area (Å²) in [5, 5.41) is 11.3. The van der Waals surface area contributed by atoms with Gasteiger partial charge in [0.25, 0.3) is 0 Å². The first-order chi connectivity index (χ1) is 7.36. The molecule has 1 rings (SSSR count). The average Bonchev–Trinajstić information content (AvgIpc) is 2.75. The molecular formula is C11H24N4. The van der Waals surface area contributed by atoms with Crippen molar-refractivity contribution in [3.63, 3.8) is 0 Å². The monoisotopic (exact) mass is 212 g/mol. The van der Waals surface area contributed by atoms with Crippen molar-refractivity contribution >= 4 is 0 Å². The predicted octanol–water partition coefficient (Wildman–Crippen LogP) is 1.87. The maximum Gasteiger partial charge on any atom is 0.0827 e. The minimum atomic E-state index is 0.903. The van der Waals surface area contributed by atoms with Crippen molar-refractivity contribution in [3.05, 3.63) is 11.9 Å². The maximum absolute atomic E-state index is 4.07. The highest BCUT2D eigenvalue weighted by molar-refractivity contribution is 4.92. The van der Waals surface area contributed by atoms with Crippen molar-refractivity contribution < 1.29 is 0 Å². The van der Waals surface area contributed by atoms with Gasteiger partial charge in [-0.25, -0.2) is 0 Å². The van der Waals surface area contributed by atoms with Crippen LogP contribution in [-0.4, -0.2) is 28.1 Å². The molecule has 0 aliphatic rings. The number of nitrogens with one attached hydrogen (secondary N) is 1. The van der Waals surface area contributed by atoms with Crippen molar-refractivity contribution in [3.8, 4) is 0 Å². The molecule has 0 spiro atoms. The van der Waals surface area contributed by atoms with Crippen LogP contribution in [0.25, 0.3) is 0 Å². The summed E-state index contributed by atoms with van der Waals surface area (Å²) in [6, 6.07) is 0. The fraction of sp³-hybridized carbons (Fsp3) is 0.818. The van der Waals surface area contributed by atoms with Gasteiger partial charge in [0, 0.05) is 12.7 Å². The molecule has 0 saturated carbocycles. The summed E-state index contributed by atoms with van der Waals surface area (Å²) in [5.74, 6) is 0. The fourth-order valence-corrected chi connectivity index (χ4v) is 1.18. The van der Waals surface area contributed by atoms with Gasteiger partial charge in [0.05, 0.1) is 5.69 Å². The summed E-state index contributed by atoms with van der Waals surface area (Å²) in [6.07, 6.45) is 4.18. The van der Waals surface area contributed by atoms with Crippen LogP contribution < -0.4 is 5.32 Å². The number of hydrogen-bond donors (Lipinski definition) is 1. The van der Waals surface area contributed by atoms with E-state index < -0.39 is 0 Å². The van der Waals surface area contributed by atoms with Gasteiger partial charge in [0.15, 0.2) is 0 Å². The maximum atomic E-state index is 4.07. The van der Waals surface area contributed by atoms with Gasteiger partial charge in [-0.1, -0.05) is 26.0 Å². The van der Waals surface area contributed by atoms with Crippen LogP contribution in [0.3, 0.4) is 0 Å². The summed E-state index contributed by atoms with van der Waals surface area (Å²) < 4.78 is 1.86. The largest absolute Gasteiger partial charge is 0.317 e. The number of aromatic nitrogens is 3. The van der Waals surface area contributed by atoms with Crippen LogP contribution in [0, 0.1) is 0 Å². The first-order valence-electron chi connectivity index (χ1n) is 5.96. The van der Waals surface area contributed by atoms with E-state index in [2.05, 4.69) is 29.5 Å². The third-order valence-electron chi connectivity index (χ3n) is 1.95. The zero-order valence-corrected chi connectivity index (χ0v) is 10.5. The SMILES string of the molecule is CC.CCNCCCc1cn(CC)nn1. The Hall–Kier alpha value is -0.900. The number of rotatable bonds is 6. The zero-order chi connectivity index (χ0) is 11.5. The van der Waals surface area contributed by atoms with E-state index in [-0.39, 0.29) is 0 Å². The van der Waals surface area contributed by atoms with Crippen molar-refractivity contribution in [1.29, 1.82) is 0 Å².